The van der Waals surface area contributed by atoms with Gasteiger partial charge in [0.05, 0.1) is 0 Å². The molecule has 1 saturated heterocycles. The Balaban J connectivity index is 1.60. The van der Waals surface area contributed by atoms with E-state index in [4.69, 9.17) is 21.3 Å². The second-order valence-electron chi connectivity index (χ2n) is 6.46. The van der Waals surface area contributed by atoms with Gasteiger partial charge in [0.1, 0.15) is 23.7 Å². The molecule has 2 heterocycles. The summed E-state index contributed by atoms with van der Waals surface area (Å²) < 4.78 is 6.06. The molecule has 1 aromatic heterocycles. The molecular formula is C21H21ClN2O. The van der Waals surface area contributed by atoms with Gasteiger partial charge in [-0.1, -0.05) is 35.9 Å². The molecular weight excluding hydrogens is 332 g/mol. The number of para-hydroxylation sites is 1. The van der Waals surface area contributed by atoms with Gasteiger partial charge >= 0.3 is 0 Å². The Labute approximate surface area is 153 Å². The number of aromatic nitrogens is 1. The highest BCUT2D eigenvalue weighted by Crippen LogP contribution is 2.28. The van der Waals surface area contributed by atoms with Gasteiger partial charge in [-0.2, -0.15) is 0 Å². The minimum absolute atomic E-state index is 0.506. The summed E-state index contributed by atoms with van der Waals surface area (Å²) in [6, 6.07) is 18.1. The zero-order valence-electron chi connectivity index (χ0n) is 14.1. The summed E-state index contributed by atoms with van der Waals surface area (Å²) in [4.78, 5) is 7.28. The van der Waals surface area contributed by atoms with Gasteiger partial charge in [-0.3, -0.25) is 0 Å². The summed E-state index contributed by atoms with van der Waals surface area (Å²) in [6.07, 6.45) is 3.81. The Morgan fingerprint density at radius 2 is 1.72 bits per heavy atom. The van der Waals surface area contributed by atoms with Crippen LogP contribution in [0.2, 0.25) is 5.02 Å². The maximum Gasteiger partial charge on any atom is 0.146 e. The predicted octanol–water partition coefficient (Wildman–Crippen LogP) is 5.46. The van der Waals surface area contributed by atoms with E-state index < -0.39 is 0 Å². The van der Waals surface area contributed by atoms with E-state index in [-0.39, 0.29) is 0 Å². The Morgan fingerprint density at radius 1 is 0.920 bits per heavy atom. The second-order valence-corrected chi connectivity index (χ2v) is 6.90. The van der Waals surface area contributed by atoms with Gasteiger partial charge in [-0.25, -0.2) is 4.98 Å². The van der Waals surface area contributed by atoms with E-state index in [9.17, 15) is 0 Å². The topological polar surface area (TPSA) is 25.4 Å². The Morgan fingerprint density at radius 3 is 2.52 bits per heavy atom. The van der Waals surface area contributed by atoms with Crippen molar-refractivity contribution in [3.05, 3.63) is 65.2 Å². The van der Waals surface area contributed by atoms with Crippen LogP contribution >= 0.6 is 11.6 Å². The number of hydrogen-bond donors (Lipinski definition) is 0. The lowest BCUT2D eigenvalue weighted by Gasteiger charge is -2.28. The Hall–Kier alpha value is -2.26. The van der Waals surface area contributed by atoms with Crippen molar-refractivity contribution < 1.29 is 4.74 Å². The molecule has 4 rings (SSSR count). The third kappa shape index (κ3) is 3.72. The molecule has 1 fully saturated rings. The lowest BCUT2D eigenvalue weighted by Crippen LogP contribution is -2.30. The second kappa shape index (κ2) is 7.32. The molecule has 1 aliphatic heterocycles. The van der Waals surface area contributed by atoms with Gasteiger partial charge in [-0.15, -0.1) is 0 Å². The highest BCUT2D eigenvalue weighted by molar-refractivity contribution is 6.30. The smallest absolute Gasteiger partial charge is 0.146 e. The van der Waals surface area contributed by atoms with Crippen LogP contribution in [-0.2, 0) is 6.61 Å². The van der Waals surface area contributed by atoms with Gasteiger partial charge in [0.15, 0.2) is 0 Å². The van der Waals surface area contributed by atoms with Crippen molar-refractivity contribution in [3.8, 4) is 5.75 Å². The third-order valence-electron chi connectivity index (χ3n) is 4.66. The normalized spacial score (nSPS) is 14.7. The van der Waals surface area contributed by atoms with E-state index in [2.05, 4.69) is 23.1 Å². The van der Waals surface area contributed by atoms with Crippen LogP contribution in [0.15, 0.2) is 54.6 Å². The number of halogens is 1. The molecule has 0 atom stereocenters. The molecule has 0 unspecified atom stereocenters. The molecule has 0 saturated carbocycles. The number of ether oxygens (including phenoxy) is 1. The zero-order chi connectivity index (χ0) is 17.1. The summed E-state index contributed by atoms with van der Waals surface area (Å²) >= 11 is 5.94. The van der Waals surface area contributed by atoms with Crippen LogP contribution in [0, 0.1) is 0 Å². The van der Waals surface area contributed by atoms with Crippen LogP contribution in [0.3, 0.4) is 0 Å². The number of hydrogen-bond acceptors (Lipinski definition) is 3. The highest BCUT2D eigenvalue weighted by atomic mass is 35.5. The number of anilines is 1. The molecule has 4 heteroatoms. The summed E-state index contributed by atoms with van der Waals surface area (Å²) in [6.45, 7) is 2.69. The van der Waals surface area contributed by atoms with Crippen molar-refractivity contribution >= 4 is 28.3 Å². The first-order valence-corrected chi connectivity index (χ1v) is 9.19. The predicted molar refractivity (Wildman–Crippen MR) is 104 cm³/mol. The maximum absolute atomic E-state index is 6.06. The third-order valence-corrected chi connectivity index (χ3v) is 4.91. The molecule has 0 amide bonds. The monoisotopic (exact) mass is 352 g/mol. The molecule has 3 nitrogen and oxygen atoms in total. The van der Waals surface area contributed by atoms with Gasteiger partial charge in [0.2, 0.25) is 0 Å². The fraction of sp³-hybridized carbons (Fsp3) is 0.286. The average Bonchev–Trinajstić information content (AvgIpc) is 2.68. The van der Waals surface area contributed by atoms with Crippen LogP contribution in [-0.4, -0.2) is 18.1 Å². The lowest BCUT2D eigenvalue weighted by atomic mass is 10.1. The van der Waals surface area contributed by atoms with E-state index in [0.717, 1.165) is 46.1 Å². The number of nitrogens with zero attached hydrogens (tertiary/aromatic N) is 2. The molecule has 25 heavy (non-hydrogen) atoms. The van der Waals surface area contributed by atoms with Gasteiger partial charge < -0.3 is 9.64 Å². The number of piperidine rings is 1. The first-order valence-electron chi connectivity index (χ1n) is 8.81. The van der Waals surface area contributed by atoms with Crippen molar-refractivity contribution in [1.82, 2.24) is 4.98 Å². The largest absolute Gasteiger partial charge is 0.487 e. The van der Waals surface area contributed by atoms with Crippen LogP contribution in [0.5, 0.6) is 5.75 Å². The molecule has 3 aromatic rings. The van der Waals surface area contributed by atoms with Crippen molar-refractivity contribution in [2.45, 2.75) is 25.9 Å². The standard InChI is InChI=1S/C21H21ClN2O/c22-18-10-7-16(8-11-18)15-25-19-6-4-5-17-9-12-20(23-21(17)19)24-13-2-1-3-14-24/h4-12H,1-3,13-15H2. The lowest BCUT2D eigenvalue weighted by molar-refractivity contribution is 0.309. The van der Waals surface area contributed by atoms with E-state index in [1.165, 1.54) is 19.3 Å². The van der Waals surface area contributed by atoms with Crippen molar-refractivity contribution in [2.24, 2.45) is 0 Å². The van der Waals surface area contributed by atoms with Crippen LogP contribution in [0.1, 0.15) is 24.8 Å². The van der Waals surface area contributed by atoms with Gasteiger partial charge in [-0.05, 0) is 55.2 Å². The van der Waals surface area contributed by atoms with E-state index >= 15 is 0 Å². The fourth-order valence-corrected chi connectivity index (χ4v) is 3.39. The first-order chi connectivity index (χ1) is 12.3. The van der Waals surface area contributed by atoms with E-state index in [1.807, 2.05) is 36.4 Å². The van der Waals surface area contributed by atoms with Gasteiger partial charge in [0, 0.05) is 23.5 Å². The number of rotatable bonds is 4. The summed E-state index contributed by atoms with van der Waals surface area (Å²) in [7, 11) is 0. The van der Waals surface area contributed by atoms with Crippen LogP contribution in [0.4, 0.5) is 5.82 Å². The molecule has 0 spiro atoms. The summed E-state index contributed by atoms with van der Waals surface area (Å²) in [5.41, 5.74) is 2.02. The summed E-state index contributed by atoms with van der Waals surface area (Å²) in [5.74, 6) is 1.88. The zero-order valence-corrected chi connectivity index (χ0v) is 14.9. The summed E-state index contributed by atoms with van der Waals surface area (Å²) in [5, 5.41) is 1.84. The number of benzene rings is 2. The molecule has 2 aromatic carbocycles. The quantitative estimate of drug-likeness (QED) is 0.623. The molecule has 0 aliphatic carbocycles. The molecule has 1 aliphatic rings. The SMILES string of the molecule is Clc1ccc(COc2cccc3ccc(N4CCCCC4)nc23)cc1. The fourth-order valence-electron chi connectivity index (χ4n) is 3.27. The van der Waals surface area contributed by atoms with Crippen LogP contribution in [0.25, 0.3) is 10.9 Å². The van der Waals surface area contributed by atoms with E-state index in [1.54, 1.807) is 0 Å². The van der Waals surface area contributed by atoms with Crippen molar-refractivity contribution in [3.63, 3.8) is 0 Å². The minimum Gasteiger partial charge on any atom is -0.487 e. The molecule has 0 bridgehead atoms. The Bertz CT molecular complexity index is 857. The maximum atomic E-state index is 6.06. The Kier molecular flexibility index (Phi) is 4.75. The molecule has 0 radical (unpaired) electrons. The molecule has 128 valence electrons. The number of pyridine rings is 1. The van der Waals surface area contributed by atoms with Gasteiger partial charge in [0.25, 0.3) is 0 Å². The molecule has 0 N–H and O–H groups in total. The average molecular weight is 353 g/mol. The highest BCUT2D eigenvalue weighted by Gasteiger charge is 2.13. The van der Waals surface area contributed by atoms with E-state index in [0.29, 0.717) is 6.61 Å². The van der Waals surface area contributed by atoms with Crippen molar-refractivity contribution in [2.75, 3.05) is 18.0 Å². The first kappa shape index (κ1) is 16.2. The number of fused-ring (bicyclic) bond motifs is 1. The van der Waals surface area contributed by atoms with Crippen LogP contribution < -0.4 is 9.64 Å². The van der Waals surface area contributed by atoms with Crippen molar-refractivity contribution in [1.29, 1.82) is 0 Å². The minimum atomic E-state index is 0.506.